The number of fused-ring (bicyclic) bond motifs is 1. The molecule has 0 saturated heterocycles. The number of amides is 1. The van der Waals surface area contributed by atoms with E-state index in [-0.39, 0.29) is 5.91 Å². The van der Waals surface area contributed by atoms with Gasteiger partial charge in [-0.15, -0.1) is 22.7 Å². The molecule has 1 N–H and O–H groups in total. The highest BCUT2D eigenvalue weighted by molar-refractivity contribution is 7.15. The Morgan fingerprint density at radius 3 is 2.86 bits per heavy atom. The standard InChI is InChI=1S/C20H21N3O3S2/c1-3-4-5-17-21-12(2)18(28-17)19(24)23-20-22-14(11-27-20)13-6-7-15-16(10-13)26-9-8-25-15/h6-7,10-11H,3-5,8-9H2,1-2H3,(H,22,23,24). The zero-order chi connectivity index (χ0) is 19.5. The molecule has 4 rings (SSSR count). The van der Waals surface area contributed by atoms with Crippen LogP contribution in [0.1, 0.15) is 40.1 Å². The van der Waals surface area contributed by atoms with Crippen LogP contribution in [0.25, 0.3) is 11.3 Å². The van der Waals surface area contributed by atoms with E-state index in [9.17, 15) is 4.79 Å². The van der Waals surface area contributed by atoms with Crippen molar-refractivity contribution < 1.29 is 14.3 Å². The Balaban J connectivity index is 1.48. The van der Waals surface area contributed by atoms with Gasteiger partial charge in [-0.1, -0.05) is 13.3 Å². The van der Waals surface area contributed by atoms with Gasteiger partial charge in [-0.05, 0) is 38.0 Å². The Bertz CT molecular complexity index is 996. The van der Waals surface area contributed by atoms with Crippen LogP contribution in [0.15, 0.2) is 23.6 Å². The molecule has 0 fully saturated rings. The molecule has 2 aromatic heterocycles. The molecule has 0 radical (unpaired) electrons. The van der Waals surface area contributed by atoms with Gasteiger partial charge < -0.3 is 9.47 Å². The van der Waals surface area contributed by atoms with Gasteiger partial charge in [0, 0.05) is 10.9 Å². The zero-order valence-corrected chi connectivity index (χ0v) is 17.4. The molecule has 8 heteroatoms. The lowest BCUT2D eigenvalue weighted by molar-refractivity contribution is 0.103. The molecular formula is C20H21N3O3S2. The van der Waals surface area contributed by atoms with Crippen molar-refractivity contribution in [1.29, 1.82) is 0 Å². The lowest BCUT2D eigenvalue weighted by atomic mass is 10.1. The highest BCUT2D eigenvalue weighted by Gasteiger charge is 2.18. The van der Waals surface area contributed by atoms with Gasteiger partial charge in [0.1, 0.15) is 18.1 Å². The van der Waals surface area contributed by atoms with Crippen molar-refractivity contribution >= 4 is 33.7 Å². The number of hydrogen-bond donors (Lipinski definition) is 1. The second-order valence-electron chi connectivity index (χ2n) is 6.48. The predicted octanol–water partition coefficient (Wildman–Crippen LogP) is 4.94. The van der Waals surface area contributed by atoms with Crippen LogP contribution in [-0.2, 0) is 6.42 Å². The van der Waals surface area contributed by atoms with E-state index < -0.39 is 0 Å². The van der Waals surface area contributed by atoms with E-state index in [1.165, 1.54) is 22.7 Å². The maximum atomic E-state index is 12.6. The van der Waals surface area contributed by atoms with Crippen molar-refractivity contribution in [3.05, 3.63) is 39.2 Å². The lowest BCUT2D eigenvalue weighted by Gasteiger charge is -2.18. The summed E-state index contributed by atoms with van der Waals surface area (Å²) in [6.45, 7) is 5.14. The van der Waals surface area contributed by atoms with Crippen LogP contribution in [0, 0.1) is 6.92 Å². The van der Waals surface area contributed by atoms with Crippen molar-refractivity contribution in [1.82, 2.24) is 9.97 Å². The third-order valence-electron chi connectivity index (χ3n) is 4.35. The Morgan fingerprint density at radius 2 is 2.04 bits per heavy atom. The van der Waals surface area contributed by atoms with Gasteiger partial charge in [0.05, 0.1) is 16.4 Å². The molecule has 0 saturated carbocycles. The maximum Gasteiger partial charge on any atom is 0.269 e. The van der Waals surface area contributed by atoms with Crippen molar-refractivity contribution in [2.45, 2.75) is 33.1 Å². The molecule has 3 aromatic rings. The normalized spacial score (nSPS) is 12.8. The first kappa shape index (κ1) is 18.9. The molecular weight excluding hydrogens is 394 g/mol. The molecule has 1 aliphatic rings. The Morgan fingerprint density at radius 1 is 1.21 bits per heavy atom. The molecule has 3 heterocycles. The summed E-state index contributed by atoms with van der Waals surface area (Å²) in [6.07, 6.45) is 3.11. The van der Waals surface area contributed by atoms with Crippen LogP contribution >= 0.6 is 22.7 Å². The lowest BCUT2D eigenvalue weighted by Crippen LogP contribution is -2.15. The van der Waals surface area contributed by atoms with E-state index in [2.05, 4.69) is 22.2 Å². The summed E-state index contributed by atoms with van der Waals surface area (Å²) >= 11 is 2.87. The molecule has 0 unspecified atom stereocenters. The van der Waals surface area contributed by atoms with E-state index in [0.717, 1.165) is 52.7 Å². The highest BCUT2D eigenvalue weighted by Crippen LogP contribution is 2.35. The quantitative estimate of drug-likeness (QED) is 0.617. The topological polar surface area (TPSA) is 73.3 Å². The number of unbranched alkanes of at least 4 members (excludes halogenated alkanes) is 1. The van der Waals surface area contributed by atoms with Gasteiger partial charge in [0.25, 0.3) is 5.91 Å². The molecule has 6 nitrogen and oxygen atoms in total. The summed E-state index contributed by atoms with van der Waals surface area (Å²) in [5.74, 6) is 1.32. The first-order valence-electron chi connectivity index (χ1n) is 9.27. The number of hydrogen-bond acceptors (Lipinski definition) is 7. The van der Waals surface area contributed by atoms with Crippen LogP contribution < -0.4 is 14.8 Å². The summed E-state index contributed by atoms with van der Waals surface area (Å²) in [5.41, 5.74) is 2.50. The molecule has 0 atom stereocenters. The van der Waals surface area contributed by atoms with E-state index >= 15 is 0 Å². The number of carbonyl (C=O) groups excluding carboxylic acids is 1. The fraction of sp³-hybridized carbons (Fsp3) is 0.350. The molecule has 146 valence electrons. The SMILES string of the molecule is CCCCc1nc(C)c(C(=O)Nc2nc(-c3ccc4c(c3)OCCO4)cs2)s1. The Kier molecular flexibility index (Phi) is 5.59. The highest BCUT2D eigenvalue weighted by atomic mass is 32.1. The molecule has 1 aromatic carbocycles. The van der Waals surface area contributed by atoms with Gasteiger partial charge in [-0.25, -0.2) is 9.97 Å². The number of nitrogens with zero attached hydrogens (tertiary/aromatic N) is 2. The maximum absolute atomic E-state index is 12.6. The van der Waals surface area contributed by atoms with Crippen LogP contribution in [-0.4, -0.2) is 29.1 Å². The Labute approximate surface area is 171 Å². The molecule has 0 spiro atoms. The summed E-state index contributed by atoms with van der Waals surface area (Å²) < 4.78 is 11.2. The van der Waals surface area contributed by atoms with Crippen LogP contribution in [0.5, 0.6) is 11.5 Å². The van der Waals surface area contributed by atoms with E-state index in [0.29, 0.717) is 23.2 Å². The fourth-order valence-corrected chi connectivity index (χ4v) is 4.63. The zero-order valence-electron chi connectivity index (χ0n) is 15.8. The smallest absolute Gasteiger partial charge is 0.269 e. The minimum absolute atomic E-state index is 0.152. The molecule has 28 heavy (non-hydrogen) atoms. The average Bonchev–Trinajstić information content (AvgIpc) is 3.32. The van der Waals surface area contributed by atoms with Crippen molar-refractivity contribution in [2.75, 3.05) is 18.5 Å². The largest absolute Gasteiger partial charge is 0.486 e. The number of carbonyl (C=O) groups is 1. The summed E-state index contributed by atoms with van der Waals surface area (Å²) in [6, 6.07) is 5.75. The van der Waals surface area contributed by atoms with Gasteiger partial charge >= 0.3 is 0 Å². The first-order chi connectivity index (χ1) is 13.6. The molecule has 1 amide bonds. The van der Waals surface area contributed by atoms with Gasteiger partial charge in [-0.3, -0.25) is 10.1 Å². The number of ether oxygens (including phenoxy) is 2. The van der Waals surface area contributed by atoms with Crippen molar-refractivity contribution in [2.24, 2.45) is 0 Å². The van der Waals surface area contributed by atoms with Gasteiger partial charge in [-0.2, -0.15) is 0 Å². The third-order valence-corrected chi connectivity index (χ3v) is 6.33. The number of thiazole rings is 2. The minimum atomic E-state index is -0.152. The van der Waals surface area contributed by atoms with E-state index in [4.69, 9.17) is 9.47 Å². The average molecular weight is 416 g/mol. The summed E-state index contributed by atoms with van der Waals surface area (Å²) in [7, 11) is 0. The first-order valence-corrected chi connectivity index (χ1v) is 11.0. The molecule has 1 aliphatic heterocycles. The predicted molar refractivity (Wildman–Crippen MR) is 112 cm³/mol. The van der Waals surface area contributed by atoms with Gasteiger partial charge in [0.15, 0.2) is 16.6 Å². The fourth-order valence-electron chi connectivity index (χ4n) is 2.92. The van der Waals surface area contributed by atoms with Crippen molar-refractivity contribution in [3.63, 3.8) is 0 Å². The number of anilines is 1. The molecule has 0 bridgehead atoms. The number of nitrogens with one attached hydrogen (secondary N) is 1. The number of aromatic nitrogens is 2. The number of aryl methyl sites for hydroxylation is 2. The summed E-state index contributed by atoms with van der Waals surface area (Å²) in [4.78, 5) is 22.4. The van der Waals surface area contributed by atoms with Crippen LogP contribution in [0.4, 0.5) is 5.13 Å². The van der Waals surface area contributed by atoms with Crippen LogP contribution in [0.2, 0.25) is 0 Å². The van der Waals surface area contributed by atoms with Gasteiger partial charge in [0.2, 0.25) is 0 Å². The Hall–Kier alpha value is -2.45. The summed E-state index contributed by atoms with van der Waals surface area (Å²) in [5, 5.41) is 6.41. The third kappa shape index (κ3) is 4.02. The second-order valence-corrected chi connectivity index (χ2v) is 8.42. The second kappa shape index (κ2) is 8.28. The molecule has 0 aliphatic carbocycles. The number of rotatable bonds is 6. The number of benzene rings is 1. The minimum Gasteiger partial charge on any atom is -0.486 e. The van der Waals surface area contributed by atoms with Crippen LogP contribution in [0.3, 0.4) is 0 Å². The van der Waals surface area contributed by atoms with E-state index in [1.807, 2.05) is 30.5 Å². The van der Waals surface area contributed by atoms with Crippen molar-refractivity contribution in [3.8, 4) is 22.8 Å². The monoisotopic (exact) mass is 415 g/mol. The van der Waals surface area contributed by atoms with E-state index in [1.54, 1.807) is 0 Å².